The van der Waals surface area contributed by atoms with Gasteiger partial charge in [0.25, 0.3) is 0 Å². The lowest BCUT2D eigenvalue weighted by Gasteiger charge is -2.03. The Balaban J connectivity index is 2.05. The van der Waals surface area contributed by atoms with Crippen LogP contribution in [-0.4, -0.2) is 28.0 Å². The molecule has 100 valence electrons. The fraction of sp³-hybridized carbons (Fsp3) is 0.231. The van der Waals surface area contributed by atoms with Gasteiger partial charge in [-0.2, -0.15) is 5.10 Å². The van der Waals surface area contributed by atoms with Crippen molar-refractivity contribution in [2.45, 2.75) is 12.8 Å². The number of aromatic nitrogens is 2. The van der Waals surface area contributed by atoms with E-state index in [-0.39, 0.29) is 6.42 Å². The van der Waals surface area contributed by atoms with E-state index in [0.717, 1.165) is 17.1 Å². The van der Waals surface area contributed by atoms with Gasteiger partial charge in [0, 0.05) is 19.0 Å². The van der Waals surface area contributed by atoms with Crippen molar-refractivity contribution >= 4 is 5.91 Å². The maximum absolute atomic E-state index is 10.9. The average Bonchev–Trinajstić information content (AvgIpc) is 2.93. The van der Waals surface area contributed by atoms with E-state index in [2.05, 4.69) is 5.10 Å². The molecule has 0 radical (unpaired) electrons. The van der Waals surface area contributed by atoms with Crippen LogP contribution < -0.4 is 10.2 Å². The molecule has 2 aromatic rings. The van der Waals surface area contributed by atoms with Crippen molar-refractivity contribution in [1.82, 2.24) is 15.3 Å². The van der Waals surface area contributed by atoms with Crippen LogP contribution in [0.1, 0.15) is 12.1 Å². The number of ether oxygens (including phenoxy) is 1. The number of aryl methyl sites for hydroxylation is 1. The Morgan fingerprint density at radius 2 is 2.11 bits per heavy atom. The fourth-order valence-corrected chi connectivity index (χ4v) is 1.67. The number of amides is 1. The largest absolute Gasteiger partial charge is 0.497 e. The van der Waals surface area contributed by atoms with Crippen molar-refractivity contribution in [3.8, 4) is 11.4 Å². The minimum absolute atomic E-state index is 0.204. The standard InChI is InChI=1S/C13H15N3O3/c1-19-12-5-3-11(4-6-12)16-9-8-10(14-16)2-7-13(17)15-18/h3-6,8-9,18H,2,7H2,1H3,(H,15,17). The minimum atomic E-state index is -0.418. The van der Waals surface area contributed by atoms with Gasteiger partial charge in [0.1, 0.15) is 5.75 Å². The van der Waals surface area contributed by atoms with Crippen LogP contribution in [0.15, 0.2) is 36.5 Å². The SMILES string of the molecule is COc1ccc(-n2ccc(CCC(=O)NO)n2)cc1. The Labute approximate surface area is 110 Å². The third kappa shape index (κ3) is 3.32. The van der Waals surface area contributed by atoms with Crippen LogP contribution in [0.4, 0.5) is 0 Å². The summed E-state index contributed by atoms with van der Waals surface area (Å²) in [6, 6.07) is 9.35. The number of nitrogens with zero attached hydrogens (tertiary/aromatic N) is 2. The molecule has 6 nitrogen and oxygen atoms in total. The van der Waals surface area contributed by atoms with Gasteiger partial charge < -0.3 is 4.74 Å². The molecule has 0 aliphatic rings. The third-order valence-corrected chi connectivity index (χ3v) is 2.71. The number of carbonyl (C=O) groups is 1. The van der Waals surface area contributed by atoms with Crippen LogP contribution in [0, 0.1) is 0 Å². The van der Waals surface area contributed by atoms with Gasteiger partial charge in [-0.3, -0.25) is 10.0 Å². The Morgan fingerprint density at radius 1 is 1.37 bits per heavy atom. The summed E-state index contributed by atoms with van der Waals surface area (Å²) in [7, 11) is 1.62. The molecule has 0 unspecified atom stereocenters. The van der Waals surface area contributed by atoms with Crippen molar-refractivity contribution in [2.24, 2.45) is 0 Å². The van der Waals surface area contributed by atoms with E-state index >= 15 is 0 Å². The Hall–Kier alpha value is -2.34. The van der Waals surface area contributed by atoms with Crippen LogP contribution in [0.5, 0.6) is 5.75 Å². The molecule has 0 spiro atoms. The highest BCUT2D eigenvalue weighted by Crippen LogP contribution is 2.14. The van der Waals surface area contributed by atoms with Crippen molar-refractivity contribution < 1.29 is 14.7 Å². The third-order valence-electron chi connectivity index (χ3n) is 2.71. The summed E-state index contributed by atoms with van der Waals surface area (Å²) in [5.74, 6) is 0.370. The predicted molar refractivity (Wildman–Crippen MR) is 68.4 cm³/mol. The molecule has 0 atom stereocenters. The highest BCUT2D eigenvalue weighted by Gasteiger charge is 2.04. The number of benzene rings is 1. The topological polar surface area (TPSA) is 76.4 Å². The van der Waals surface area contributed by atoms with Crippen LogP contribution in [0.3, 0.4) is 0 Å². The van der Waals surface area contributed by atoms with Gasteiger partial charge in [-0.05, 0) is 30.3 Å². The minimum Gasteiger partial charge on any atom is -0.497 e. The summed E-state index contributed by atoms with van der Waals surface area (Å²) in [6.07, 6.45) is 2.51. The zero-order valence-corrected chi connectivity index (χ0v) is 10.5. The van der Waals surface area contributed by atoms with Crippen molar-refractivity contribution in [3.05, 3.63) is 42.2 Å². The molecular formula is C13H15N3O3. The normalized spacial score (nSPS) is 10.2. The highest BCUT2D eigenvalue weighted by molar-refractivity contribution is 5.74. The molecule has 0 saturated heterocycles. The smallest absolute Gasteiger partial charge is 0.243 e. The van der Waals surface area contributed by atoms with Crippen LogP contribution >= 0.6 is 0 Å². The maximum atomic E-state index is 10.9. The molecule has 1 amide bonds. The zero-order chi connectivity index (χ0) is 13.7. The van der Waals surface area contributed by atoms with Crippen LogP contribution in [0.2, 0.25) is 0 Å². The molecule has 0 aliphatic heterocycles. The van der Waals surface area contributed by atoms with Gasteiger partial charge in [-0.15, -0.1) is 0 Å². The molecule has 0 fully saturated rings. The van der Waals surface area contributed by atoms with Gasteiger partial charge in [0.15, 0.2) is 0 Å². The molecule has 0 aliphatic carbocycles. The van der Waals surface area contributed by atoms with E-state index < -0.39 is 5.91 Å². The molecule has 0 saturated carbocycles. The Kier molecular flexibility index (Phi) is 4.15. The lowest BCUT2D eigenvalue weighted by molar-refractivity contribution is -0.129. The van der Waals surface area contributed by atoms with E-state index in [9.17, 15) is 4.79 Å². The maximum Gasteiger partial charge on any atom is 0.243 e. The molecule has 2 rings (SSSR count). The Bertz CT molecular complexity index is 549. The quantitative estimate of drug-likeness (QED) is 0.628. The lowest BCUT2D eigenvalue weighted by Crippen LogP contribution is -2.18. The second-order valence-corrected chi connectivity index (χ2v) is 3.98. The second kappa shape index (κ2) is 6.01. The van der Waals surface area contributed by atoms with Gasteiger partial charge >= 0.3 is 0 Å². The number of rotatable bonds is 5. The molecule has 1 aromatic carbocycles. The molecule has 19 heavy (non-hydrogen) atoms. The van der Waals surface area contributed by atoms with Crippen LogP contribution in [0.25, 0.3) is 5.69 Å². The first-order valence-corrected chi connectivity index (χ1v) is 5.85. The molecular weight excluding hydrogens is 246 g/mol. The van der Waals surface area contributed by atoms with Gasteiger partial charge in [-0.25, -0.2) is 10.2 Å². The summed E-state index contributed by atoms with van der Waals surface area (Å²) in [4.78, 5) is 10.9. The molecule has 0 bridgehead atoms. The van der Waals surface area contributed by atoms with Gasteiger partial charge in [0.05, 0.1) is 18.5 Å². The Morgan fingerprint density at radius 3 is 2.74 bits per heavy atom. The van der Waals surface area contributed by atoms with Crippen molar-refractivity contribution in [3.63, 3.8) is 0 Å². The summed E-state index contributed by atoms with van der Waals surface area (Å²) in [6.45, 7) is 0. The molecule has 6 heteroatoms. The van der Waals surface area contributed by atoms with E-state index in [4.69, 9.17) is 9.94 Å². The number of carbonyl (C=O) groups excluding carboxylic acids is 1. The number of hydroxylamine groups is 1. The highest BCUT2D eigenvalue weighted by atomic mass is 16.5. The van der Waals surface area contributed by atoms with E-state index in [0.29, 0.717) is 6.42 Å². The number of hydrogen-bond acceptors (Lipinski definition) is 4. The number of nitrogens with one attached hydrogen (secondary N) is 1. The van der Waals surface area contributed by atoms with E-state index in [1.165, 1.54) is 0 Å². The average molecular weight is 261 g/mol. The van der Waals surface area contributed by atoms with Crippen molar-refractivity contribution in [1.29, 1.82) is 0 Å². The monoisotopic (exact) mass is 261 g/mol. The number of hydrogen-bond donors (Lipinski definition) is 2. The van der Waals surface area contributed by atoms with E-state index in [1.54, 1.807) is 17.3 Å². The first-order chi connectivity index (χ1) is 9.22. The van der Waals surface area contributed by atoms with Gasteiger partial charge in [-0.1, -0.05) is 0 Å². The lowest BCUT2D eigenvalue weighted by atomic mass is 10.2. The van der Waals surface area contributed by atoms with Gasteiger partial charge in [0.2, 0.25) is 5.91 Å². The molecule has 1 aromatic heterocycles. The van der Waals surface area contributed by atoms with Crippen molar-refractivity contribution in [2.75, 3.05) is 7.11 Å². The molecule has 1 heterocycles. The summed E-state index contributed by atoms with van der Waals surface area (Å²) >= 11 is 0. The summed E-state index contributed by atoms with van der Waals surface area (Å²) < 4.78 is 6.82. The first kappa shape index (κ1) is 13.1. The van der Waals surface area contributed by atoms with Crippen LogP contribution in [-0.2, 0) is 11.2 Å². The summed E-state index contributed by atoms with van der Waals surface area (Å²) in [5.41, 5.74) is 3.31. The summed E-state index contributed by atoms with van der Waals surface area (Å²) in [5, 5.41) is 12.8. The first-order valence-electron chi connectivity index (χ1n) is 5.85. The fourth-order valence-electron chi connectivity index (χ4n) is 1.67. The van der Waals surface area contributed by atoms with E-state index in [1.807, 2.05) is 36.5 Å². The second-order valence-electron chi connectivity index (χ2n) is 3.98. The predicted octanol–water partition coefficient (Wildman–Crippen LogP) is 1.32. The zero-order valence-electron chi connectivity index (χ0n) is 10.5. The molecule has 2 N–H and O–H groups in total. The number of methoxy groups -OCH3 is 1.